The van der Waals surface area contributed by atoms with E-state index in [9.17, 15) is 4.79 Å². The summed E-state index contributed by atoms with van der Waals surface area (Å²) in [6.45, 7) is 1.82. The van der Waals surface area contributed by atoms with Crippen molar-refractivity contribution in [3.63, 3.8) is 0 Å². The van der Waals surface area contributed by atoms with Gasteiger partial charge in [-0.2, -0.15) is 5.10 Å². The van der Waals surface area contributed by atoms with Crippen molar-refractivity contribution in [3.8, 4) is 0 Å². The van der Waals surface area contributed by atoms with Crippen molar-refractivity contribution in [2.45, 2.75) is 6.92 Å². The Bertz CT molecular complexity index is 322. The van der Waals surface area contributed by atoms with Gasteiger partial charge in [-0.25, -0.2) is 4.79 Å². The topological polar surface area (TPSA) is 81.0 Å². The standard InChI is InChI=1S/C8H11N3O2/c1-5-6(8(9)11-10-5)3-4-7(12)13-2/h3-4H,1-2H3,(H3,9,10,11). The van der Waals surface area contributed by atoms with Crippen LogP contribution in [0.2, 0.25) is 0 Å². The third kappa shape index (κ3) is 2.08. The van der Waals surface area contributed by atoms with Gasteiger partial charge >= 0.3 is 5.97 Å². The molecule has 0 atom stereocenters. The average Bonchev–Trinajstić information content (AvgIpc) is 2.43. The number of H-pyrrole nitrogens is 1. The molecule has 0 aliphatic carbocycles. The number of carbonyl (C=O) groups is 1. The molecular formula is C8H11N3O2. The van der Waals surface area contributed by atoms with Crippen LogP contribution in [0.4, 0.5) is 5.82 Å². The molecule has 0 aliphatic rings. The Morgan fingerprint density at radius 1 is 1.69 bits per heavy atom. The van der Waals surface area contributed by atoms with Crippen molar-refractivity contribution in [2.75, 3.05) is 12.8 Å². The highest BCUT2D eigenvalue weighted by molar-refractivity contribution is 5.88. The van der Waals surface area contributed by atoms with Crippen LogP contribution in [0.5, 0.6) is 0 Å². The van der Waals surface area contributed by atoms with E-state index < -0.39 is 5.97 Å². The van der Waals surface area contributed by atoms with Crippen LogP contribution in [0.3, 0.4) is 0 Å². The van der Waals surface area contributed by atoms with Gasteiger partial charge in [0, 0.05) is 17.3 Å². The van der Waals surface area contributed by atoms with Gasteiger partial charge in [0.15, 0.2) is 5.82 Å². The normalized spacial score (nSPS) is 10.6. The number of aromatic nitrogens is 2. The number of hydrogen-bond acceptors (Lipinski definition) is 4. The average molecular weight is 181 g/mol. The zero-order chi connectivity index (χ0) is 9.84. The molecule has 0 unspecified atom stereocenters. The van der Waals surface area contributed by atoms with Crippen molar-refractivity contribution < 1.29 is 9.53 Å². The summed E-state index contributed by atoms with van der Waals surface area (Å²) in [5.41, 5.74) is 7.05. The third-order valence-corrected chi connectivity index (χ3v) is 1.61. The minimum absolute atomic E-state index is 0.373. The molecule has 0 amide bonds. The molecule has 5 heteroatoms. The first-order valence-electron chi connectivity index (χ1n) is 3.71. The number of nitrogen functional groups attached to an aromatic ring is 1. The second-order valence-corrected chi connectivity index (χ2v) is 2.50. The first-order chi connectivity index (χ1) is 6.15. The highest BCUT2D eigenvalue weighted by Crippen LogP contribution is 2.13. The second-order valence-electron chi connectivity index (χ2n) is 2.50. The van der Waals surface area contributed by atoms with Crippen molar-refractivity contribution in [3.05, 3.63) is 17.3 Å². The Hall–Kier alpha value is -1.78. The van der Waals surface area contributed by atoms with E-state index in [0.717, 1.165) is 5.69 Å². The number of rotatable bonds is 2. The van der Waals surface area contributed by atoms with E-state index in [1.165, 1.54) is 13.2 Å². The lowest BCUT2D eigenvalue weighted by Gasteiger charge is -1.91. The predicted octanol–water partition coefficient (Wildman–Crippen LogP) is 0.487. The van der Waals surface area contributed by atoms with Crippen molar-refractivity contribution in [2.24, 2.45) is 0 Å². The summed E-state index contributed by atoms with van der Waals surface area (Å²) in [6.07, 6.45) is 2.87. The molecule has 1 heterocycles. The second kappa shape index (κ2) is 3.75. The van der Waals surface area contributed by atoms with Gasteiger partial charge in [-0.1, -0.05) is 0 Å². The summed E-state index contributed by atoms with van der Waals surface area (Å²) in [6, 6.07) is 0. The van der Waals surface area contributed by atoms with Crippen LogP contribution in [0, 0.1) is 6.92 Å². The molecular weight excluding hydrogens is 170 g/mol. The SMILES string of the molecule is COC(=O)C=Cc1c(N)n[nH]c1C. The highest BCUT2D eigenvalue weighted by Gasteiger charge is 2.03. The van der Waals surface area contributed by atoms with Gasteiger partial charge in [0.25, 0.3) is 0 Å². The van der Waals surface area contributed by atoms with Gasteiger partial charge in [-0.3, -0.25) is 5.10 Å². The van der Waals surface area contributed by atoms with Crippen molar-refractivity contribution in [1.29, 1.82) is 0 Å². The van der Waals surface area contributed by atoms with E-state index in [-0.39, 0.29) is 0 Å². The monoisotopic (exact) mass is 181 g/mol. The van der Waals surface area contributed by atoms with Crippen LogP contribution in [-0.4, -0.2) is 23.3 Å². The van der Waals surface area contributed by atoms with Crippen LogP contribution in [-0.2, 0) is 9.53 Å². The smallest absolute Gasteiger partial charge is 0.330 e. The Balaban J connectivity index is 2.85. The number of esters is 1. The van der Waals surface area contributed by atoms with Gasteiger partial charge in [-0.05, 0) is 13.0 Å². The fourth-order valence-electron chi connectivity index (χ4n) is 0.886. The Morgan fingerprint density at radius 3 is 2.85 bits per heavy atom. The first-order valence-corrected chi connectivity index (χ1v) is 3.71. The molecule has 0 bridgehead atoms. The number of anilines is 1. The maximum absolute atomic E-state index is 10.7. The van der Waals surface area contributed by atoms with Gasteiger partial charge in [-0.15, -0.1) is 0 Å². The number of aromatic amines is 1. The van der Waals surface area contributed by atoms with Crippen molar-refractivity contribution in [1.82, 2.24) is 10.2 Å². The van der Waals surface area contributed by atoms with E-state index in [0.29, 0.717) is 11.4 Å². The minimum Gasteiger partial charge on any atom is -0.466 e. The van der Waals surface area contributed by atoms with E-state index in [4.69, 9.17) is 5.73 Å². The van der Waals surface area contributed by atoms with Crippen LogP contribution >= 0.6 is 0 Å². The lowest BCUT2D eigenvalue weighted by Crippen LogP contribution is -1.94. The van der Waals surface area contributed by atoms with Crippen molar-refractivity contribution >= 4 is 17.9 Å². The van der Waals surface area contributed by atoms with Crippen LogP contribution < -0.4 is 5.73 Å². The third-order valence-electron chi connectivity index (χ3n) is 1.61. The van der Waals surface area contributed by atoms with Gasteiger partial charge in [0.1, 0.15) is 0 Å². The molecule has 3 N–H and O–H groups in total. The van der Waals surface area contributed by atoms with Crippen LogP contribution in [0.15, 0.2) is 6.08 Å². The van der Waals surface area contributed by atoms with Gasteiger partial charge in [0.2, 0.25) is 0 Å². The number of carbonyl (C=O) groups excluding carboxylic acids is 1. The number of aryl methyl sites for hydroxylation is 1. The minimum atomic E-state index is -0.417. The fraction of sp³-hybridized carbons (Fsp3) is 0.250. The van der Waals surface area contributed by atoms with Gasteiger partial charge in [0.05, 0.1) is 7.11 Å². The Morgan fingerprint density at radius 2 is 2.38 bits per heavy atom. The van der Waals surface area contributed by atoms with Gasteiger partial charge < -0.3 is 10.5 Å². The summed E-state index contributed by atoms with van der Waals surface area (Å²) in [5, 5.41) is 6.47. The molecule has 0 aliphatic heterocycles. The molecule has 0 saturated carbocycles. The molecule has 0 saturated heterocycles. The largest absolute Gasteiger partial charge is 0.466 e. The molecule has 5 nitrogen and oxygen atoms in total. The summed E-state index contributed by atoms with van der Waals surface area (Å²) in [7, 11) is 1.32. The molecule has 0 aromatic carbocycles. The summed E-state index contributed by atoms with van der Waals surface area (Å²) < 4.78 is 4.43. The molecule has 1 aromatic rings. The maximum Gasteiger partial charge on any atom is 0.330 e. The lowest BCUT2D eigenvalue weighted by atomic mass is 10.2. The van der Waals surface area contributed by atoms with E-state index in [1.807, 2.05) is 6.92 Å². The molecule has 70 valence electrons. The number of hydrogen-bond donors (Lipinski definition) is 2. The van der Waals surface area contributed by atoms with E-state index in [2.05, 4.69) is 14.9 Å². The summed E-state index contributed by atoms with van der Waals surface area (Å²) >= 11 is 0. The van der Waals surface area contributed by atoms with E-state index in [1.54, 1.807) is 6.08 Å². The number of ether oxygens (including phenoxy) is 1. The molecule has 1 aromatic heterocycles. The van der Waals surface area contributed by atoms with Crippen LogP contribution in [0.25, 0.3) is 6.08 Å². The molecule has 0 fully saturated rings. The fourth-order valence-corrected chi connectivity index (χ4v) is 0.886. The summed E-state index contributed by atoms with van der Waals surface area (Å²) in [4.78, 5) is 10.7. The summed E-state index contributed by atoms with van der Waals surface area (Å²) in [5.74, 6) is -0.0438. The number of nitrogens with zero attached hydrogens (tertiary/aromatic N) is 1. The predicted molar refractivity (Wildman–Crippen MR) is 48.8 cm³/mol. The Kier molecular flexibility index (Phi) is 2.69. The number of nitrogens with two attached hydrogens (primary N) is 1. The molecule has 0 radical (unpaired) electrons. The quantitative estimate of drug-likeness (QED) is 0.513. The Labute approximate surface area is 75.6 Å². The first kappa shape index (κ1) is 9.31. The van der Waals surface area contributed by atoms with E-state index >= 15 is 0 Å². The highest BCUT2D eigenvalue weighted by atomic mass is 16.5. The number of nitrogens with one attached hydrogen (secondary N) is 1. The number of methoxy groups -OCH3 is 1. The zero-order valence-electron chi connectivity index (χ0n) is 7.50. The molecule has 1 rings (SSSR count). The lowest BCUT2D eigenvalue weighted by molar-refractivity contribution is -0.134. The zero-order valence-corrected chi connectivity index (χ0v) is 7.50. The molecule has 13 heavy (non-hydrogen) atoms. The maximum atomic E-state index is 10.7. The molecule has 0 spiro atoms. The van der Waals surface area contributed by atoms with Crippen LogP contribution in [0.1, 0.15) is 11.3 Å².